The summed E-state index contributed by atoms with van der Waals surface area (Å²) in [5.74, 6) is 0.123. The normalized spacial score (nSPS) is 15.7. The van der Waals surface area contributed by atoms with Gasteiger partial charge in [-0.15, -0.1) is 0 Å². The second-order valence-electron chi connectivity index (χ2n) is 6.51. The van der Waals surface area contributed by atoms with Gasteiger partial charge in [-0.25, -0.2) is 4.39 Å². The molecule has 2 heterocycles. The van der Waals surface area contributed by atoms with Gasteiger partial charge < -0.3 is 9.73 Å². The van der Waals surface area contributed by atoms with Crippen LogP contribution in [-0.2, 0) is 4.79 Å². The molecule has 138 valence electrons. The molecule has 1 N–H and O–H groups in total. The van der Waals surface area contributed by atoms with Crippen molar-refractivity contribution in [2.45, 2.75) is 31.7 Å². The highest BCUT2D eigenvalue weighted by Crippen LogP contribution is 2.24. The first kappa shape index (κ1) is 18.3. The summed E-state index contributed by atoms with van der Waals surface area (Å²) in [5, 5.41) is 2.91. The Bertz CT molecular complexity index is 722. The van der Waals surface area contributed by atoms with Crippen molar-refractivity contribution in [1.29, 1.82) is 0 Å². The fourth-order valence-corrected chi connectivity index (χ4v) is 3.25. The highest BCUT2D eigenvalue weighted by atomic mass is 19.1. The topological polar surface area (TPSA) is 62.6 Å². The zero-order valence-electron chi connectivity index (χ0n) is 14.6. The second-order valence-corrected chi connectivity index (χ2v) is 6.51. The number of Topliss-reactive ketones (excluding diaryl/α,β-unsaturated/α-hetero) is 1. The molecule has 1 saturated heterocycles. The molecule has 0 bridgehead atoms. The molecule has 0 aliphatic carbocycles. The molecule has 6 heteroatoms. The Morgan fingerprint density at radius 3 is 2.50 bits per heavy atom. The van der Waals surface area contributed by atoms with E-state index in [0.717, 1.165) is 31.7 Å². The minimum Gasteiger partial charge on any atom is -0.468 e. The molecule has 1 unspecified atom stereocenters. The lowest BCUT2D eigenvalue weighted by molar-refractivity contribution is -0.121. The van der Waals surface area contributed by atoms with Gasteiger partial charge in [-0.3, -0.25) is 14.5 Å². The first-order valence-electron chi connectivity index (χ1n) is 8.96. The SMILES string of the molecule is O=C(CCC(=O)c1ccc(F)cc1)NCC(c1ccco1)N1CCCC1. The molecule has 0 radical (unpaired) electrons. The van der Waals surface area contributed by atoms with Gasteiger partial charge in [0.25, 0.3) is 0 Å². The maximum atomic E-state index is 12.9. The standard InChI is InChI=1S/C20H23FN2O3/c21-16-7-5-15(6-8-16)18(24)9-10-20(25)22-14-17(19-4-3-13-26-19)23-11-1-2-12-23/h3-8,13,17H,1-2,9-12,14H2,(H,22,25). The molecule has 1 aliphatic heterocycles. The van der Waals surface area contributed by atoms with Crippen LogP contribution in [0.25, 0.3) is 0 Å². The first-order valence-corrected chi connectivity index (χ1v) is 8.96. The monoisotopic (exact) mass is 358 g/mol. The number of likely N-dealkylation sites (tertiary alicyclic amines) is 1. The molecule has 1 aliphatic rings. The molecule has 0 saturated carbocycles. The molecular formula is C20H23FN2O3. The Morgan fingerprint density at radius 2 is 1.85 bits per heavy atom. The third-order valence-electron chi connectivity index (χ3n) is 4.69. The summed E-state index contributed by atoms with van der Waals surface area (Å²) in [5.41, 5.74) is 0.421. The van der Waals surface area contributed by atoms with Crippen LogP contribution >= 0.6 is 0 Å². The summed E-state index contributed by atoms with van der Waals surface area (Å²) in [7, 11) is 0. The van der Waals surface area contributed by atoms with Crippen LogP contribution in [0.5, 0.6) is 0 Å². The van der Waals surface area contributed by atoms with Crippen molar-refractivity contribution >= 4 is 11.7 Å². The number of ketones is 1. The lowest BCUT2D eigenvalue weighted by Crippen LogP contribution is -2.36. The molecular weight excluding hydrogens is 335 g/mol. The van der Waals surface area contributed by atoms with Crippen molar-refractivity contribution in [3.05, 3.63) is 59.8 Å². The summed E-state index contributed by atoms with van der Waals surface area (Å²) in [4.78, 5) is 26.5. The average molecular weight is 358 g/mol. The van der Waals surface area contributed by atoms with Gasteiger partial charge in [0.05, 0.1) is 12.3 Å². The van der Waals surface area contributed by atoms with Gasteiger partial charge in [0, 0.05) is 24.9 Å². The molecule has 1 amide bonds. The number of rotatable bonds is 8. The van der Waals surface area contributed by atoms with Crippen molar-refractivity contribution in [2.75, 3.05) is 19.6 Å². The lowest BCUT2D eigenvalue weighted by atomic mass is 10.1. The Balaban J connectivity index is 1.49. The number of hydrogen-bond acceptors (Lipinski definition) is 4. The molecule has 1 aromatic carbocycles. The molecule has 1 fully saturated rings. The van der Waals surface area contributed by atoms with Gasteiger partial charge >= 0.3 is 0 Å². The third kappa shape index (κ3) is 4.79. The van der Waals surface area contributed by atoms with E-state index in [1.807, 2.05) is 12.1 Å². The Hall–Kier alpha value is -2.47. The predicted octanol–water partition coefficient (Wildman–Crippen LogP) is 3.33. The third-order valence-corrected chi connectivity index (χ3v) is 4.69. The van der Waals surface area contributed by atoms with E-state index in [-0.39, 0.29) is 36.4 Å². The maximum absolute atomic E-state index is 12.9. The number of carbonyl (C=O) groups excluding carboxylic acids is 2. The second kappa shape index (κ2) is 8.76. The molecule has 1 aromatic heterocycles. The molecule has 3 rings (SSSR count). The summed E-state index contributed by atoms with van der Waals surface area (Å²) >= 11 is 0. The fourth-order valence-electron chi connectivity index (χ4n) is 3.25. The zero-order chi connectivity index (χ0) is 18.4. The Kier molecular flexibility index (Phi) is 6.17. The Morgan fingerprint density at radius 1 is 1.12 bits per heavy atom. The Labute approximate surface area is 152 Å². The van der Waals surface area contributed by atoms with Crippen LogP contribution in [0, 0.1) is 5.82 Å². The van der Waals surface area contributed by atoms with Gasteiger partial charge in [-0.05, 0) is 62.3 Å². The van der Waals surface area contributed by atoms with Crippen molar-refractivity contribution in [3.8, 4) is 0 Å². The van der Waals surface area contributed by atoms with E-state index in [1.165, 1.54) is 24.3 Å². The maximum Gasteiger partial charge on any atom is 0.220 e. The van der Waals surface area contributed by atoms with E-state index in [0.29, 0.717) is 12.1 Å². The summed E-state index contributed by atoms with van der Waals surface area (Å²) < 4.78 is 18.4. The highest BCUT2D eigenvalue weighted by Gasteiger charge is 2.25. The lowest BCUT2D eigenvalue weighted by Gasteiger charge is -2.26. The van der Waals surface area contributed by atoms with Crippen molar-refractivity contribution in [2.24, 2.45) is 0 Å². The predicted molar refractivity (Wildman–Crippen MR) is 95.2 cm³/mol. The molecule has 5 nitrogen and oxygen atoms in total. The van der Waals surface area contributed by atoms with Crippen molar-refractivity contribution in [3.63, 3.8) is 0 Å². The van der Waals surface area contributed by atoms with Gasteiger partial charge in [0.1, 0.15) is 11.6 Å². The number of carbonyl (C=O) groups is 2. The van der Waals surface area contributed by atoms with Crippen LogP contribution in [0.1, 0.15) is 47.8 Å². The largest absolute Gasteiger partial charge is 0.468 e. The number of benzene rings is 1. The summed E-state index contributed by atoms with van der Waals surface area (Å²) in [6.45, 7) is 2.44. The minimum atomic E-state index is -0.384. The number of hydrogen-bond donors (Lipinski definition) is 1. The van der Waals surface area contributed by atoms with Crippen molar-refractivity contribution in [1.82, 2.24) is 10.2 Å². The number of furan rings is 1. The number of nitrogens with zero attached hydrogens (tertiary/aromatic N) is 1. The van der Waals surface area contributed by atoms with E-state index in [2.05, 4.69) is 10.2 Å². The van der Waals surface area contributed by atoms with Crippen LogP contribution in [-0.4, -0.2) is 36.2 Å². The quantitative estimate of drug-likeness (QED) is 0.735. The minimum absolute atomic E-state index is 0.0178. The number of amides is 1. The van der Waals surface area contributed by atoms with E-state index >= 15 is 0 Å². The number of halogens is 1. The van der Waals surface area contributed by atoms with Crippen LogP contribution in [0.2, 0.25) is 0 Å². The molecule has 0 spiro atoms. The highest BCUT2D eigenvalue weighted by molar-refractivity contribution is 5.97. The summed E-state index contributed by atoms with van der Waals surface area (Å²) in [6, 6.07) is 9.17. The van der Waals surface area contributed by atoms with E-state index in [9.17, 15) is 14.0 Å². The average Bonchev–Trinajstić information content (AvgIpc) is 3.35. The first-order chi connectivity index (χ1) is 12.6. The molecule has 1 atom stereocenters. The number of nitrogens with one attached hydrogen (secondary N) is 1. The van der Waals surface area contributed by atoms with Crippen LogP contribution in [0.15, 0.2) is 47.1 Å². The van der Waals surface area contributed by atoms with Crippen LogP contribution < -0.4 is 5.32 Å². The zero-order valence-corrected chi connectivity index (χ0v) is 14.6. The van der Waals surface area contributed by atoms with E-state index < -0.39 is 0 Å². The van der Waals surface area contributed by atoms with Gasteiger partial charge in [-0.2, -0.15) is 0 Å². The summed E-state index contributed by atoms with van der Waals surface area (Å²) in [6.07, 6.45) is 4.16. The van der Waals surface area contributed by atoms with E-state index in [1.54, 1.807) is 6.26 Å². The van der Waals surface area contributed by atoms with Gasteiger partial charge in [0.15, 0.2) is 5.78 Å². The van der Waals surface area contributed by atoms with Gasteiger partial charge in [0.2, 0.25) is 5.91 Å². The fraction of sp³-hybridized carbons (Fsp3) is 0.400. The molecule has 26 heavy (non-hydrogen) atoms. The smallest absolute Gasteiger partial charge is 0.220 e. The molecule has 2 aromatic rings. The van der Waals surface area contributed by atoms with Crippen molar-refractivity contribution < 1.29 is 18.4 Å². The van der Waals surface area contributed by atoms with Crippen LogP contribution in [0.4, 0.5) is 4.39 Å². The van der Waals surface area contributed by atoms with Gasteiger partial charge in [-0.1, -0.05) is 0 Å². The van der Waals surface area contributed by atoms with E-state index in [4.69, 9.17) is 4.42 Å². The van der Waals surface area contributed by atoms with Crippen LogP contribution in [0.3, 0.4) is 0 Å².